The molecule has 0 saturated carbocycles. The Bertz CT molecular complexity index is 827. The van der Waals surface area contributed by atoms with Gasteiger partial charge in [0, 0.05) is 0 Å². The van der Waals surface area contributed by atoms with Crippen molar-refractivity contribution in [3.63, 3.8) is 0 Å². The number of carbonyl (C=O) groups is 1. The van der Waals surface area contributed by atoms with Crippen LogP contribution in [0.2, 0.25) is 0 Å². The summed E-state index contributed by atoms with van der Waals surface area (Å²) in [6, 6.07) is 15.0. The number of nitrogens with two attached hydrogens (primary N) is 1. The summed E-state index contributed by atoms with van der Waals surface area (Å²) in [5, 5.41) is 8.98. The Hall–Kier alpha value is -2.78. The van der Waals surface area contributed by atoms with Crippen LogP contribution >= 0.6 is 15.9 Å². The Morgan fingerprint density at radius 2 is 2.00 bits per heavy atom. The number of hydrogen-bond acceptors (Lipinski definition) is 4. The summed E-state index contributed by atoms with van der Waals surface area (Å²) < 4.78 is 12.2. The van der Waals surface area contributed by atoms with Gasteiger partial charge < -0.3 is 15.2 Å². The van der Waals surface area contributed by atoms with Crippen LogP contribution in [0.25, 0.3) is 6.08 Å². The molecule has 0 spiro atoms. The van der Waals surface area contributed by atoms with Gasteiger partial charge in [0.15, 0.2) is 11.5 Å². The van der Waals surface area contributed by atoms with Crippen molar-refractivity contribution in [3.05, 3.63) is 63.6 Å². The minimum absolute atomic E-state index is 0.132. The zero-order chi connectivity index (χ0) is 18.2. The lowest BCUT2D eigenvalue weighted by Crippen LogP contribution is -2.12. The fourth-order valence-corrected chi connectivity index (χ4v) is 2.70. The van der Waals surface area contributed by atoms with Crippen LogP contribution in [0.4, 0.5) is 0 Å². The molecule has 5 nitrogen and oxygen atoms in total. The maximum atomic E-state index is 11.2. The lowest BCUT2D eigenvalue weighted by Gasteiger charge is -2.15. The van der Waals surface area contributed by atoms with E-state index in [0.29, 0.717) is 34.7 Å². The molecule has 0 heterocycles. The SMILES string of the molecule is CCOc1cc(/C=C(/C#N)C(N)=O)cc(Br)c1OCc1ccccc1. The fraction of sp³-hybridized carbons (Fsp3) is 0.158. The number of primary amides is 1. The number of nitriles is 1. The first-order valence-corrected chi connectivity index (χ1v) is 8.39. The van der Waals surface area contributed by atoms with E-state index in [-0.39, 0.29) is 5.57 Å². The second-order valence-corrected chi connectivity index (χ2v) is 5.93. The third-order valence-corrected chi connectivity index (χ3v) is 3.84. The lowest BCUT2D eigenvalue weighted by molar-refractivity contribution is -0.114. The molecule has 0 aliphatic carbocycles. The van der Waals surface area contributed by atoms with E-state index in [1.807, 2.05) is 37.3 Å². The Morgan fingerprint density at radius 1 is 1.28 bits per heavy atom. The van der Waals surface area contributed by atoms with Crippen molar-refractivity contribution >= 4 is 27.9 Å². The standard InChI is InChI=1S/C19H17BrN2O3/c1-2-24-17-10-14(8-15(11-21)19(22)23)9-16(20)18(17)25-12-13-6-4-3-5-7-13/h3-10H,2,12H2,1H3,(H2,22,23)/b15-8-. The number of nitrogens with zero attached hydrogens (tertiary/aromatic N) is 1. The molecule has 6 heteroatoms. The van der Waals surface area contributed by atoms with Crippen LogP contribution in [0, 0.1) is 11.3 Å². The third kappa shape index (κ3) is 5.10. The number of hydrogen-bond donors (Lipinski definition) is 1. The predicted octanol–water partition coefficient (Wildman–Crippen LogP) is 3.82. The summed E-state index contributed by atoms with van der Waals surface area (Å²) >= 11 is 3.46. The Labute approximate surface area is 154 Å². The fourth-order valence-electron chi connectivity index (χ4n) is 2.13. The minimum atomic E-state index is -0.777. The van der Waals surface area contributed by atoms with Crippen LogP contribution in [0.15, 0.2) is 52.5 Å². The van der Waals surface area contributed by atoms with E-state index in [9.17, 15) is 4.79 Å². The zero-order valence-corrected chi connectivity index (χ0v) is 15.2. The molecule has 0 saturated heterocycles. The molecule has 128 valence electrons. The maximum absolute atomic E-state index is 11.2. The Morgan fingerprint density at radius 3 is 2.60 bits per heavy atom. The van der Waals surface area contributed by atoms with Gasteiger partial charge in [-0.3, -0.25) is 4.79 Å². The van der Waals surface area contributed by atoms with E-state index in [2.05, 4.69) is 15.9 Å². The molecule has 0 atom stereocenters. The highest BCUT2D eigenvalue weighted by atomic mass is 79.9. The van der Waals surface area contributed by atoms with Crippen LogP contribution in [-0.4, -0.2) is 12.5 Å². The molecule has 2 N–H and O–H groups in total. The van der Waals surface area contributed by atoms with Crippen molar-refractivity contribution < 1.29 is 14.3 Å². The summed E-state index contributed by atoms with van der Waals surface area (Å²) in [6.07, 6.45) is 1.41. The van der Waals surface area contributed by atoms with Crippen LogP contribution in [0.5, 0.6) is 11.5 Å². The van der Waals surface area contributed by atoms with E-state index in [4.69, 9.17) is 20.5 Å². The molecular weight excluding hydrogens is 384 g/mol. The van der Waals surface area contributed by atoms with Gasteiger partial charge in [0.05, 0.1) is 11.1 Å². The largest absolute Gasteiger partial charge is 0.490 e. The van der Waals surface area contributed by atoms with E-state index in [1.165, 1.54) is 6.08 Å². The van der Waals surface area contributed by atoms with Gasteiger partial charge in [0.25, 0.3) is 5.91 Å². The smallest absolute Gasteiger partial charge is 0.259 e. The average Bonchev–Trinajstić information content (AvgIpc) is 2.60. The van der Waals surface area contributed by atoms with Crippen LogP contribution in [-0.2, 0) is 11.4 Å². The Balaban J connectivity index is 2.34. The summed E-state index contributed by atoms with van der Waals surface area (Å²) in [5.41, 5.74) is 6.68. The van der Waals surface area contributed by atoms with E-state index < -0.39 is 5.91 Å². The van der Waals surface area contributed by atoms with Crippen LogP contribution in [0.1, 0.15) is 18.1 Å². The molecule has 0 aliphatic heterocycles. The first kappa shape index (κ1) is 18.6. The summed E-state index contributed by atoms with van der Waals surface area (Å²) in [4.78, 5) is 11.2. The highest BCUT2D eigenvalue weighted by Crippen LogP contribution is 2.38. The second kappa shape index (κ2) is 8.90. The van der Waals surface area contributed by atoms with Gasteiger partial charge in [0.2, 0.25) is 0 Å². The van der Waals surface area contributed by atoms with Gasteiger partial charge >= 0.3 is 0 Å². The molecule has 1 amide bonds. The number of halogens is 1. The van der Waals surface area contributed by atoms with Crippen molar-refractivity contribution in [1.82, 2.24) is 0 Å². The maximum Gasteiger partial charge on any atom is 0.259 e. The summed E-state index contributed by atoms with van der Waals surface area (Å²) in [6.45, 7) is 2.70. The lowest BCUT2D eigenvalue weighted by atomic mass is 10.1. The number of carbonyl (C=O) groups excluding carboxylic acids is 1. The normalized spacial score (nSPS) is 10.8. The predicted molar refractivity (Wildman–Crippen MR) is 98.9 cm³/mol. The number of benzene rings is 2. The molecule has 0 aromatic heterocycles. The quantitative estimate of drug-likeness (QED) is 0.565. The highest BCUT2D eigenvalue weighted by Gasteiger charge is 2.13. The monoisotopic (exact) mass is 400 g/mol. The van der Waals surface area contributed by atoms with Gasteiger partial charge in [-0.2, -0.15) is 5.26 Å². The molecular formula is C19H17BrN2O3. The average molecular weight is 401 g/mol. The number of ether oxygens (including phenoxy) is 2. The van der Waals surface area contributed by atoms with Gasteiger partial charge in [-0.05, 0) is 52.2 Å². The molecule has 0 fully saturated rings. The van der Waals surface area contributed by atoms with E-state index >= 15 is 0 Å². The third-order valence-electron chi connectivity index (χ3n) is 3.25. The van der Waals surface area contributed by atoms with Crippen LogP contribution < -0.4 is 15.2 Å². The summed E-state index contributed by atoms with van der Waals surface area (Å²) in [5.74, 6) is 0.294. The van der Waals surface area contributed by atoms with Gasteiger partial charge in [0.1, 0.15) is 18.2 Å². The molecule has 25 heavy (non-hydrogen) atoms. The van der Waals surface area contributed by atoms with E-state index in [1.54, 1.807) is 18.2 Å². The molecule has 2 rings (SSSR count). The molecule has 0 radical (unpaired) electrons. The van der Waals surface area contributed by atoms with Gasteiger partial charge in [-0.25, -0.2) is 0 Å². The molecule has 0 aliphatic rings. The molecule has 2 aromatic rings. The minimum Gasteiger partial charge on any atom is -0.490 e. The van der Waals surface area contributed by atoms with Crippen molar-refractivity contribution in [2.24, 2.45) is 5.73 Å². The van der Waals surface area contributed by atoms with E-state index in [0.717, 1.165) is 5.56 Å². The molecule has 0 unspecified atom stereocenters. The van der Waals surface area contributed by atoms with Crippen molar-refractivity contribution in [2.75, 3.05) is 6.61 Å². The van der Waals surface area contributed by atoms with Gasteiger partial charge in [-0.15, -0.1) is 0 Å². The van der Waals surface area contributed by atoms with Gasteiger partial charge in [-0.1, -0.05) is 30.3 Å². The first-order valence-electron chi connectivity index (χ1n) is 7.59. The summed E-state index contributed by atoms with van der Waals surface area (Å²) in [7, 11) is 0. The molecule has 0 bridgehead atoms. The number of rotatable bonds is 7. The van der Waals surface area contributed by atoms with Crippen LogP contribution in [0.3, 0.4) is 0 Å². The van der Waals surface area contributed by atoms with Crippen molar-refractivity contribution in [1.29, 1.82) is 5.26 Å². The molecule has 2 aromatic carbocycles. The van der Waals surface area contributed by atoms with Crippen molar-refractivity contribution in [2.45, 2.75) is 13.5 Å². The second-order valence-electron chi connectivity index (χ2n) is 5.07. The Kier molecular flexibility index (Phi) is 6.61. The van der Waals surface area contributed by atoms with Crippen molar-refractivity contribution in [3.8, 4) is 17.6 Å². The zero-order valence-electron chi connectivity index (χ0n) is 13.7. The first-order chi connectivity index (χ1) is 12.0. The topological polar surface area (TPSA) is 85.3 Å². The number of amides is 1. The highest BCUT2D eigenvalue weighted by molar-refractivity contribution is 9.10.